The van der Waals surface area contributed by atoms with Crippen LogP contribution in [0.1, 0.15) is 25.3 Å². The zero-order valence-corrected chi connectivity index (χ0v) is 11.7. The molecule has 2 N–H and O–H groups in total. The topological polar surface area (TPSA) is 33.5 Å². The first-order valence-corrected chi connectivity index (χ1v) is 6.87. The Morgan fingerprint density at radius 1 is 1.39 bits per heavy atom. The minimum absolute atomic E-state index is 0.00545. The van der Waals surface area contributed by atoms with E-state index in [9.17, 15) is 4.79 Å². The van der Waals surface area contributed by atoms with E-state index in [1.807, 2.05) is 26.0 Å². The van der Waals surface area contributed by atoms with E-state index in [-0.39, 0.29) is 11.9 Å². The van der Waals surface area contributed by atoms with Crippen molar-refractivity contribution in [2.24, 2.45) is 0 Å². The largest absolute Gasteiger partial charge is 0.325 e. The van der Waals surface area contributed by atoms with Gasteiger partial charge in [-0.3, -0.25) is 4.79 Å². The molecule has 1 aliphatic rings. The van der Waals surface area contributed by atoms with Crippen LogP contribution in [-0.2, 0) is 4.79 Å². The number of hydrogen-bond acceptors (Lipinski definition) is 1. The number of carbonyl (C=O) groups is 1. The second kappa shape index (κ2) is 5.72. The Bertz CT molecular complexity index is 441. The zero-order valence-electron chi connectivity index (χ0n) is 10.9. The summed E-state index contributed by atoms with van der Waals surface area (Å²) in [6.45, 7) is 6.17. The van der Waals surface area contributed by atoms with Crippen molar-refractivity contribution >= 4 is 23.2 Å². The van der Waals surface area contributed by atoms with Gasteiger partial charge in [-0.1, -0.05) is 17.7 Å². The number of likely N-dealkylation sites (tertiary alicyclic amines) is 1. The summed E-state index contributed by atoms with van der Waals surface area (Å²) < 4.78 is 0. The number of hydrogen-bond donors (Lipinski definition) is 2. The van der Waals surface area contributed by atoms with Gasteiger partial charge in [-0.2, -0.15) is 0 Å². The molecule has 0 saturated carbocycles. The van der Waals surface area contributed by atoms with E-state index in [4.69, 9.17) is 11.6 Å². The molecular formula is C14H20ClN2O+. The highest BCUT2D eigenvalue weighted by molar-refractivity contribution is 6.31. The Kier molecular flexibility index (Phi) is 4.25. The number of halogens is 1. The summed E-state index contributed by atoms with van der Waals surface area (Å²) in [7, 11) is 0. The van der Waals surface area contributed by atoms with Gasteiger partial charge < -0.3 is 10.2 Å². The third-order valence-electron chi connectivity index (χ3n) is 3.71. The molecule has 1 heterocycles. The maximum atomic E-state index is 12.2. The molecule has 0 bridgehead atoms. The van der Waals surface area contributed by atoms with Crippen molar-refractivity contribution in [3.8, 4) is 0 Å². The number of amides is 1. The van der Waals surface area contributed by atoms with Gasteiger partial charge in [0, 0.05) is 23.6 Å². The third-order valence-corrected chi connectivity index (χ3v) is 3.94. The number of nitrogens with one attached hydrogen (secondary N) is 2. The molecule has 0 aliphatic carbocycles. The molecule has 18 heavy (non-hydrogen) atoms. The van der Waals surface area contributed by atoms with Crippen molar-refractivity contribution in [2.45, 2.75) is 32.7 Å². The van der Waals surface area contributed by atoms with Crippen molar-refractivity contribution in [3.05, 3.63) is 28.8 Å². The normalized spacial score (nSPS) is 17.7. The summed E-state index contributed by atoms with van der Waals surface area (Å²) in [6.07, 6.45) is 2.45. The van der Waals surface area contributed by atoms with Crippen molar-refractivity contribution < 1.29 is 9.69 Å². The Hall–Kier alpha value is -1.06. The molecule has 4 heteroatoms. The van der Waals surface area contributed by atoms with Crippen molar-refractivity contribution in [1.82, 2.24) is 0 Å². The number of benzene rings is 1. The molecular weight excluding hydrogens is 248 g/mol. The molecule has 1 fully saturated rings. The van der Waals surface area contributed by atoms with Gasteiger partial charge in [-0.15, -0.1) is 0 Å². The fourth-order valence-corrected chi connectivity index (χ4v) is 2.59. The highest BCUT2D eigenvalue weighted by Gasteiger charge is 2.27. The third kappa shape index (κ3) is 3.03. The summed E-state index contributed by atoms with van der Waals surface area (Å²) >= 11 is 5.95. The second-order valence-corrected chi connectivity index (χ2v) is 5.47. The summed E-state index contributed by atoms with van der Waals surface area (Å²) in [5, 5.41) is 3.63. The predicted octanol–water partition coefficient (Wildman–Crippen LogP) is 1.65. The summed E-state index contributed by atoms with van der Waals surface area (Å²) in [6, 6.07) is 5.57. The molecule has 0 aromatic heterocycles. The van der Waals surface area contributed by atoms with Crippen LogP contribution in [0.25, 0.3) is 0 Å². The molecule has 1 saturated heterocycles. The van der Waals surface area contributed by atoms with Gasteiger partial charge in [0.1, 0.15) is 0 Å². The molecule has 0 radical (unpaired) electrons. The first-order chi connectivity index (χ1) is 8.58. The molecule has 3 nitrogen and oxygen atoms in total. The van der Waals surface area contributed by atoms with Crippen LogP contribution < -0.4 is 10.2 Å². The van der Waals surface area contributed by atoms with Crippen LogP contribution in [0, 0.1) is 6.92 Å². The summed E-state index contributed by atoms with van der Waals surface area (Å²) in [5.74, 6) is 0.0808. The molecule has 0 spiro atoms. The summed E-state index contributed by atoms with van der Waals surface area (Å²) in [4.78, 5) is 13.6. The lowest BCUT2D eigenvalue weighted by atomic mass is 10.2. The first kappa shape index (κ1) is 13.4. The highest BCUT2D eigenvalue weighted by Crippen LogP contribution is 2.20. The molecule has 2 rings (SSSR count). The standard InChI is InChI=1S/C14H19ClN2O/c1-10-5-6-12(15)9-13(10)16-14(18)11(2)17-7-3-4-8-17/h5-6,9,11H,3-4,7-8H2,1-2H3,(H,16,18)/p+1/t11-/m0/s1. The van der Waals surface area contributed by atoms with E-state index in [0.29, 0.717) is 5.02 Å². The SMILES string of the molecule is Cc1ccc(Cl)cc1NC(=O)[C@H](C)[NH+]1CCCC1. The number of aryl methyl sites for hydroxylation is 1. The smallest absolute Gasteiger partial charge is 0.282 e. The van der Waals surface area contributed by atoms with E-state index in [0.717, 1.165) is 24.3 Å². The molecule has 1 aromatic rings. The molecule has 98 valence electrons. The van der Waals surface area contributed by atoms with E-state index in [1.54, 1.807) is 6.07 Å². The van der Waals surface area contributed by atoms with Gasteiger partial charge in [0.15, 0.2) is 6.04 Å². The highest BCUT2D eigenvalue weighted by atomic mass is 35.5. The van der Waals surface area contributed by atoms with Gasteiger partial charge in [0.05, 0.1) is 13.1 Å². The monoisotopic (exact) mass is 267 g/mol. The Labute approximate surface area is 113 Å². The Balaban J connectivity index is 2.03. The molecule has 0 unspecified atom stereocenters. The van der Waals surface area contributed by atoms with Crippen molar-refractivity contribution in [1.29, 1.82) is 0 Å². The van der Waals surface area contributed by atoms with Crippen LogP contribution in [0.5, 0.6) is 0 Å². The fraction of sp³-hybridized carbons (Fsp3) is 0.500. The van der Waals surface area contributed by atoms with E-state index >= 15 is 0 Å². The van der Waals surface area contributed by atoms with Crippen molar-refractivity contribution in [2.75, 3.05) is 18.4 Å². The molecule has 1 amide bonds. The first-order valence-electron chi connectivity index (χ1n) is 6.49. The van der Waals surface area contributed by atoms with Crippen LogP contribution in [0.3, 0.4) is 0 Å². The van der Waals surface area contributed by atoms with E-state index in [1.165, 1.54) is 17.7 Å². The number of anilines is 1. The van der Waals surface area contributed by atoms with Crippen LogP contribution in [-0.4, -0.2) is 25.0 Å². The predicted molar refractivity (Wildman–Crippen MR) is 74.2 cm³/mol. The number of carbonyl (C=O) groups excluding carboxylic acids is 1. The summed E-state index contributed by atoms with van der Waals surface area (Å²) in [5.41, 5.74) is 1.86. The minimum atomic E-state index is 0.00545. The van der Waals surface area contributed by atoms with E-state index < -0.39 is 0 Å². The number of quaternary nitrogens is 1. The minimum Gasteiger partial charge on any atom is -0.325 e. The molecule has 1 aliphatic heterocycles. The van der Waals surface area contributed by atoms with Gasteiger partial charge in [0.2, 0.25) is 0 Å². The van der Waals surface area contributed by atoms with Crippen LogP contribution in [0.4, 0.5) is 5.69 Å². The van der Waals surface area contributed by atoms with Gasteiger partial charge >= 0.3 is 0 Å². The fourth-order valence-electron chi connectivity index (χ4n) is 2.42. The second-order valence-electron chi connectivity index (χ2n) is 5.04. The quantitative estimate of drug-likeness (QED) is 0.858. The van der Waals surface area contributed by atoms with Gasteiger partial charge in [0.25, 0.3) is 5.91 Å². The maximum Gasteiger partial charge on any atom is 0.282 e. The zero-order chi connectivity index (χ0) is 13.1. The Morgan fingerprint density at radius 3 is 2.72 bits per heavy atom. The average molecular weight is 268 g/mol. The Morgan fingerprint density at radius 2 is 2.06 bits per heavy atom. The lowest BCUT2D eigenvalue weighted by Gasteiger charge is -2.20. The van der Waals surface area contributed by atoms with Crippen LogP contribution in [0.2, 0.25) is 5.02 Å². The molecule has 1 aromatic carbocycles. The molecule has 1 atom stereocenters. The number of rotatable bonds is 3. The van der Waals surface area contributed by atoms with Gasteiger partial charge in [-0.05, 0) is 31.5 Å². The maximum absolute atomic E-state index is 12.2. The lowest BCUT2D eigenvalue weighted by molar-refractivity contribution is -0.901. The van der Waals surface area contributed by atoms with Crippen molar-refractivity contribution in [3.63, 3.8) is 0 Å². The average Bonchev–Trinajstić information content (AvgIpc) is 2.86. The van der Waals surface area contributed by atoms with Gasteiger partial charge in [-0.25, -0.2) is 0 Å². The van der Waals surface area contributed by atoms with E-state index in [2.05, 4.69) is 5.32 Å². The van der Waals surface area contributed by atoms with Crippen LogP contribution >= 0.6 is 11.6 Å². The lowest BCUT2D eigenvalue weighted by Crippen LogP contribution is -3.14. The van der Waals surface area contributed by atoms with Crippen LogP contribution in [0.15, 0.2) is 18.2 Å².